The van der Waals surface area contributed by atoms with Gasteiger partial charge in [-0.05, 0) is 35.9 Å². The number of furan rings is 1. The van der Waals surface area contributed by atoms with Crippen LogP contribution in [0.3, 0.4) is 0 Å². The minimum atomic E-state index is -0.222. The Balaban J connectivity index is 1.48. The lowest BCUT2D eigenvalue weighted by molar-refractivity contribution is -0.0329. The Morgan fingerprint density at radius 1 is 1.06 bits per heavy atom. The van der Waals surface area contributed by atoms with Gasteiger partial charge in [0.05, 0.1) is 32.5 Å². The van der Waals surface area contributed by atoms with Crippen LogP contribution < -0.4 is 9.47 Å². The summed E-state index contributed by atoms with van der Waals surface area (Å²) < 4.78 is 22.4. The van der Waals surface area contributed by atoms with E-state index in [-0.39, 0.29) is 17.6 Å². The zero-order chi connectivity index (χ0) is 24.4. The van der Waals surface area contributed by atoms with Crippen molar-refractivity contribution in [3.63, 3.8) is 0 Å². The van der Waals surface area contributed by atoms with E-state index in [1.165, 1.54) is 13.4 Å². The number of phenolic OH excluding ortho intramolecular Hbond substituents is 1. The predicted molar refractivity (Wildman–Crippen MR) is 131 cm³/mol. The third-order valence-electron chi connectivity index (χ3n) is 6.42. The molecule has 0 saturated carbocycles. The van der Waals surface area contributed by atoms with Crippen LogP contribution in [0.1, 0.15) is 33.2 Å². The zero-order valence-electron chi connectivity index (χ0n) is 19.7. The van der Waals surface area contributed by atoms with E-state index in [1.807, 2.05) is 18.2 Å². The van der Waals surface area contributed by atoms with E-state index in [0.29, 0.717) is 58.9 Å². The monoisotopic (exact) mass is 473 g/mol. The topological polar surface area (TPSA) is 81.4 Å². The summed E-state index contributed by atoms with van der Waals surface area (Å²) in [6.45, 7) is 2.44. The van der Waals surface area contributed by atoms with Crippen LogP contribution in [0.25, 0.3) is 11.0 Å². The standard InChI is InChI=1S/C28H27NO6/c1-32-23-10-8-19(14-25(23)33-2)28(31)21-17-35-24-11-9-22(30)20(27(21)24)15-29-12-13-34-26(16-29)18-6-4-3-5-7-18/h3-11,14,17,26,30H,12-13,15-16H2,1-2H3/t26-/m0/s1. The van der Waals surface area contributed by atoms with Gasteiger partial charge in [0.15, 0.2) is 17.3 Å². The van der Waals surface area contributed by atoms with E-state index in [2.05, 4.69) is 17.0 Å². The number of hydrogen-bond acceptors (Lipinski definition) is 7. The molecule has 0 radical (unpaired) electrons. The van der Waals surface area contributed by atoms with Crippen LogP contribution in [0.4, 0.5) is 0 Å². The van der Waals surface area contributed by atoms with Crippen molar-refractivity contribution in [2.24, 2.45) is 0 Å². The number of nitrogens with zero attached hydrogens (tertiary/aromatic N) is 1. The van der Waals surface area contributed by atoms with Gasteiger partial charge in [0, 0.05) is 36.1 Å². The largest absolute Gasteiger partial charge is 0.508 e. The van der Waals surface area contributed by atoms with Crippen molar-refractivity contribution < 1.29 is 28.5 Å². The first-order valence-corrected chi connectivity index (χ1v) is 11.5. The van der Waals surface area contributed by atoms with Crippen LogP contribution in [-0.4, -0.2) is 49.7 Å². The maximum Gasteiger partial charge on any atom is 0.197 e. The van der Waals surface area contributed by atoms with E-state index in [4.69, 9.17) is 18.6 Å². The molecule has 1 aromatic heterocycles. The minimum absolute atomic E-state index is 0.0523. The number of aromatic hydroxyl groups is 1. The predicted octanol–water partition coefficient (Wildman–Crippen LogP) is 4.96. The maximum absolute atomic E-state index is 13.5. The van der Waals surface area contributed by atoms with E-state index in [1.54, 1.807) is 37.4 Å². The molecule has 1 aliphatic rings. The average Bonchev–Trinajstić information content (AvgIpc) is 3.34. The van der Waals surface area contributed by atoms with Gasteiger partial charge in [0.2, 0.25) is 0 Å². The summed E-state index contributed by atoms with van der Waals surface area (Å²) in [5, 5.41) is 11.4. The number of fused-ring (bicyclic) bond motifs is 1. The third kappa shape index (κ3) is 4.48. The van der Waals surface area contributed by atoms with Gasteiger partial charge in [-0.3, -0.25) is 9.69 Å². The SMILES string of the molecule is COc1ccc(C(=O)c2coc3ccc(O)c(CN4CCO[C@H](c5ccccc5)C4)c23)cc1OC. The van der Waals surface area contributed by atoms with Gasteiger partial charge < -0.3 is 23.7 Å². The molecule has 1 fully saturated rings. The van der Waals surface area contributed by atoms with Crippen LogP contribution in [0.2, 0.25) is 0 Å². The van der Waals surface area contributed by atoms with Crippen molar-refractivity contribution in [1.29, 1.82) is 0 Å². The highest BCUT2D eigenvalue weighted by Gasteiger charge is 2.26. The Morgan fingerprint density at radius 2 is 1.86 bits per heavy atom. The number of morpholine rings is 1. The zero-order valence-corrected chi connectivity index (χ0v) is 19.7. The molecule has 1 atom stereocenters. The van der Waals surface area contributed by atoms with Crippen molar-refractivity contribution in [2.45, 2.75) is 12.6 Å². The molecule has 7 nitrogen and oxygen atoms in total. The first kappa shape index (κ1) is 23.0. The fraction of sp³-hybridized carbons (Fsp3) is 0.250. The third-order valence-corrected chi connectivity index (χ3v) is 6.42. The van der Waals surface area contributed by atoms with Gasteiger partial charge in [-0.25, -0.2) is 0 Å². The average molecular weight is 474 g/mol. The second-order valence-corrected chi connectivity index (χ2v) is 8.49. The molecule has 1 aliphatic heterocycles. The van der Waals surface area contributed by atoms with Gasteiger partial charge in [-0.1, -0.05) is 30.3 Å². The second kappa shape index (κ2) is 9.82. The number of benzene rings is 3. The fourth-order valence-electron chi connectivity index (χ4n) is 4.59. The molecule has 7 heteroatoms. The maximum atomic E-state index is 13.5. The van der Waals surface area contributed by atoms with Crippen molar-refractivity contribution in [2.75, 3.05) is 33.9 Å². The van der Waals surface area contributed by atoms with Gasteiger partial charge in [-0.2, -0.15) is 0 Å². The van der Waals surface area contributed by atoms with Crippen LogP contribution in [0.15, 0.2) is 71.3 Å². The number of methoxy groups -OCH3 is 2. The minimum Gasteiger partial charge on any atom is -0.508 e. The van der Waals surface area contributed by atoms with Crippen molar-refractivity contribution in [1.82, 2.24) is 4.90 Å². The molecule has 4 aromatic rings. The van der Waals surface area contributed by atoms with E-state index >= 15 is 0 Å². The van der Waals surface area contributed by atoms with E-state index in [0.717, 1.165) is 12.1 Å². The van der Waals surface area contributed by atoms with Crippen molar-refractivity contribution in [3.05, 3.63) is 89.2 Å². The Kier molecular flexibility index (Phi) is 6.44. The van der Waals surface area contributed by atoms with Crippen LogP contribution in [0.5, 0.6) is 17.2 Å². The molecule has 0 amide bonds. The number of ketones is 1. The highest BCUT2D eigenvalue weighted by atomic mass is 16.5. The molecule has 1 N–H and O–H groups in total. The normalized spacial score (nSPS) is 16.3. The highest BCUT2D eigenvalue weighted by molar-refractivity contribution is 6.17. The molecule has 0 aliphatic carbocycles. The van der Waals surface area contributed by atoms with E-state index in [9.17, 15) is 9.90 Å². The van der Waals surface area contributed by atoms with Gasteiger partial charge in [-0.15, -0.1) is 0 Å². The fourth-order valence-corrected chi connectivity index (χ4v) is 4.59. The first-order valence-electron chi connectivity index (χ1n) is 11.5. The summed E-state index contributed by atoms with van der Waals surface area (Å²) in [5.74, 6) is 0.915. The molecule has 0 bridgehead atoms. The van der Waals surface area contributed by atoms with Crippen LogP contribution >= 0.6 is 0 Å². The summed E-state index contributed by atoms with van der Waals surface area (Å²) in [7, 11) is 3.08. The molecular formula is C28H27NO6. The molecule has 180 valence electrons. The highest BCUT2D eigenvalue weighted by Crippen LogP contribution is 2.36. The Morgan fingerprint density at radius 3 is 2.63 bits per heavy atom. The number of carbonyl (C=O) groups is 1. The number of hydrogen-bond donors (Lipinski definition) is 1. The molecule has 3 aromatic carbocycles. The molecule has 35 heavy (non-hydrogen) atoms. The van der Waals surface area contributed by atoms with Gasteiger partial charge >= 0.3 is 0 Å². The van der Waals surface area contributed by atoms with Crippen molar-refractivity contribution in [3.8, 4) is 17.2 Å². The van der Waals surface area contributed by atoms with Gasteiger partial charge in [0.25, 0.3) is 0 Å². The number of carbonyl (C=O) groups excluding carboxylic acids is 1. The summed E-state index contributed by atoms with van der Waals surface area (Å²) in [6.07, 6.45) is 1.40. The summed E-state index contributed by atoms with van der Waals surface area (Å²) in [4.78, 5) is 15.7. The molecule has 5 rings (SSSR count). The Bertz CT molecular complexity index is 1350. The first-order chi connectivity index (χ1) is 17.1. The quantitative estimate of drug-likeness (QED) is 0.380. The molecule has 1 saturated heterocycles. The van der Waals surface area contributed by atoms with E-state index < -0.39 is 0 Å². The van der Waals surface area contributed by atoms with Crippen LogP contribution in [0, 0.1) is 0 Å². The molecule has 2 heterocycles. The lowest BCUT2D eigenvalue weighted by Crippen LogP contribution is -2.37. The second-order valence-electron chi connectivity index (χ2n) is 8.49. The summed E-state index contributed by atoms with van der Waals surface area (Å²) in [6, 6.07) is 18.4. The number of rotatable bonds is 7. The van der Waals surface area contributed by atoms with Crippen molar-refractivity contribution >= 4 is 16.8 Å². The van der Waals surface area contributed by atoms with Crippen LogP contribution in [-0.2, 0) is 11.3 Å². The summed E-state index contributed by atoms with van der Waals surface area (Å²) in [5.41, 5.74) is 3.16. The summed E-state index contributed by atoms with van der Waals surface area (Å²) >= 11 is 0. The molecule has 0 spiro atoms. The Hall–Kier alpha value is -3.81. The number of ether oxygens (including phenoxy) is 3. The molecule has 0 unspecified atom stereocenters. The molecular weight excluding hydrogens is 446 g/mol. The number of phenols is 1. The van der Waals surface area contributed by atoms with Gasteiger partial charge in [0.1, 0.15) is 17.6 Å². The smallest absolute Gasteiger partial charge is 0.197 e. The Labute approximate surface area is 203 Å². The lowest BCUT2D eigenvalue weighted by Gasteiger charge is -2.33. The lowest BCUT2D eigenvalue weighted by atomic mass is 9.98.